The maximum absolute atomic E-state index is 12.5. The molecule has 0 aliphatic carbocycles. The van der Waals surface area contributed by atoms with Crippen molar-refractivity contribution in [3.05, 3.63) is 47.2 Å². The minimum atomic E-state index is -0.195. The SMILES string of the molecule is Cc1cc(C)c2nc(NC(=O)c3ccc(N4CCOCC4)nc3)sc2c1. The zero-order chi connectivity index (χ0) is 18.1. The van der Waals surface area contributed by atoms with Crippen molar-refractivity contribution in [1.82, 2.24) is 9.97 Å². The van der Waals surface area contributed by atoms with Gasteiger partial charge in [0.25, 0.3) is 5.91 Å². The molecule has 4 rings (SSSR count). The molecule has 1 aliphatic heterocycles. The van der Waals surface area contributed by atoms with E-state index in [-0.39, 0.29) is 5.91 Å². The van der Waals surface area contributed by atoms with E-state index in [0.29, 0.717) is 23.9 Å². The topological polar surface area (TPSA) is 67.4 Å². The first kappa shape index (κ1) is 16.9. The molecule has 1 fully saturated rings. The van der Waals surface area contributed by atoms with Gasteiger partial charge in [0.15, 0.2) is 5.13 Å². The van der Waals surface area contributed by atoms with Gasteiger partial charge in [0.2, 0.25) is 0 Å². The third kappa shape index (κ3) is 3.40. The summed E-state index contributed by atoms with van der Waals surface area (Å²) in [6.45, 7) is 7.16. The van der Waals surface area contributed by atoms with Crippen LogP contribution in [0.5, 0.6) is 0 Å². The normalized spacial score (nSPS) is 14.6. The van der Waals surface area contributed by atoms with Crippen LogP contribution in [0.3, 0.4) is 0 Å². The van der Waals surface area contributed by atoms with E-state index in [1.807, 2.05) is 13.0 Å². The largest absolute Gasteiger partial charge is 0.378 e. The number of aromatic nitrogens is 2. The number of nitrogens with one attached hydrogen (secondary N) is 1. The lowest BCUT2D eigenvalue weighted by molar-refractivity contribution is 0.102. The number of carbonyl (C=O) groups excluding carboxylic acids is 1. The number of hydrogen-bond acceptors (Lipinski definition) is 6. The molecule has 0 atom stereocenters. The maximum Gasteiger partial charge on any atom is 0.259 e. The minimum absolute atomic E-state index is 0.195. The number of carbonyl (C=O) groups is 1. The Kier molecular flexibility index (Phi) is 4.57. The molecule has 0 radical (unpaired) electrons. The summed E-state index contributed by atoms with van der Waals surface area (Å²) in [5.74, 6) is 0.676. The van der Waals surface area contributed by atoms with Crippen LogP contribution in [-0.4, -0.2) is 42.2 Å². The van der Waals surface area contributed by atoms with Crippen LogP contribution in [0.1, 0.15) is 21.5 Å². The van der Waals surface area contributed by atoms with Gasteiger partial charge in [0.05, 0.1) is 29.0 Å². The van der Waals surface area contributed by atoms with Crippen molar-refractivity contribution in [3.63, 3.8) is 0 Å². The first-order valence-electron chi connectivity index (χ1n) is 8.58. The Hall–Kier alpha value is -2.51. The molecule has 0 spiro atoms. The summed E-state index contributed by atoms with van der Waals surface area (Å²) in [6.07, 6.45) is 1.61. The molecular formula is C19H20N4O2S. The molecule has 2 aromatic heterocycles. The Morgan fingerprint density at radius 3 is 2.77 bits per heavy atom. The number of aryl methyl sites for hydroxylation is 2. The fourth-order valence-corrected chi connectivity index (χ4v) is 4.13. The second-order valence-electron chi connectivity index (χ2n) is 6.41. The molecule has 1 aliphatic rings. The lowest BCUT2D eigenvalue weighted by Crippen LogP contribution is -2.36. The lowest BCUT2D eigenvalue weighted by Gasteiger charge is -2.27. The molecule has 3 aromatic rings. The van der Waals surface area contributed by atoms with Gasteiger partial charge in [-0.2, -0.15) is 0 Å². The van der Waals surface area contributed by atoms with Crippen LogP contribution in [-0.2, 0) is 4.74 Å². The van der Waals surface area contributed by atoms with Crippen molar-refractivity contribution in [2.75, 3.05) is 36.5 Å². The van der Waals surface area contributed by atoms with Gasteiger partial charge in [-0.1, -0.05) is 17.4 Å². The van der Waals surface area contributed by atoms with E-state index in [2.05, 4.69) is 39.2 Å². The van der Waals surface area contributed by atoms with Crippen LogP contribution in [0.4, 0.5) is 10.9 Å². The summed E-state index contributed by atoms with van der Waals surface area (Å²) in [7, 11) is 0. The van der Waals surface area contributed by atoms with Crippen LogP contribution in [0.15, 0.2) is 30.5 Å². The van der Waals surface area contributed by atoms with Crippen molar-refractivity contribution in [1.29, 1.82) is 0 Å². The molecule has 6 nitrogen and oxygen atoms in total. The number of amides is 1. The number of hydrogen-bond donors (Lipinski definition) is 1. The van der Waals surface area contributed by atoms with Crippen molar-refractivity contribution in [2.45, 2.75) is 13.8 Å². The maximum atomic E-state index is 12.5. The average Bonchev–Trinajstić information content (AvgIpc) is 3.05. The molecule has 3 heterocycles. The number of pyridine rings is 1. The number of nitrogens with zero attached hydrogens (tertiary/aromatic N) is 3. The Morgan fingerprint density at radius 2 is 2.04 bits per heavy atom. The predicted molar refractivity (Wildman–Crippen MR) is 104 cm³/mol. The Labute approximate surface area is 155 Å². The van der Waals surface area contributed by atoms with E-state index in [0.717, 1.165) is 34.7 Å². The highest BCUT2D eigenvalue weighted by atomic mass is 32.1. The number of anilines is 2. The molecule has 26 heavy (non-hydrogen) atoms. The van der Waals surface area contributed by atoms with Crippen molar-refractivity contribution in [2.24, 2.45) is 0 Å². The van der Waals surface area contributed by atoms with Gasteiger partial charge < -0.3 is 9.64 Å². The molecular weight excluding hydrogens is 348 g/mol. The second-order valence-corrected chi connectivity index (χ2v) is 7.44. The molecule has 0 bridgehead atoms. The molecule has 134 valence electrons. The van der Waals surface area contributed by atoms with Gasteiger partial charge in [0, 0.05) is 19.3 Å². The molecule has 1 N–H and O–H groups in total. The van der Waals surface area contributed by atoms with Gasteiger partial charge in [-0.05, 0) is 43.2 Å². The number of rotatable bonds is 3. The van der Waals surface area contributed by atoms with Crippen molar-refractivity contribution in [3.8, 4) is 0 Å². The minimum Gasteiger partial charge on any atom is -0.378 e. The van der Waals surface area contributed by atoms with Crippen LogP contribution < -0.4 is 10.2 Å². The van der Waals surface area contributed by atoms with E-state index in [9.17, 15) is 4.79 Å². The molecule has 1 amide bonds. The number of morpholine rings is 1. The van der Waals surface area contributed by atoms with Crippen LogP contribution >= 0.6 is 11.3 Å². The summed E-state index contributed by atoms with van der Waals surface area (Å²) in [5, 5.41) is 3.50. The van der Waals surface area contributed by atoms with Gasteiger partial charge >= 0.3 is 0 Å². The summed E-state index contributed by atoms with van der Waals surface area (Å²) >= 11 is 1.49. The van der Waals surface area contributed by atoms with E-state index in [1.54, 1.807) is 12.3 Å². The Morgan fingerprint density at radius 1 is 1.23 bits per heavy atom. The number of thiazole rings is 1. The van der Waals surface area contributed by atoms with E-state index in [1.165, 1.54) is 16.9 Å². The Bertz CT molecular complexity index is 946. The van der Waals surface area contributed by atoms with Crippen LogP contribution in [0, 0.1) is 13.8 Å². The highest BCUT2D eigenvalue weighted by molar-refractivity contribution is 7.22. The van der Waals surface area contributed by atoms with E-state index < -0.39 is 0 Å². The smallest absolute Gasteiger partial charge is 0.259 e. The van der Waals surface area contributed by atoms with Gasteiger partial charge in [-0.3, -0.25) is 10.1 Å². The zero-order valence-corrected chi connectivity index (χ0v) is 15.6. The van der Waals surface area contributed by atoms with Gasteiger partial charge in [-0.15, -0.1) is 0 Å². The van der Waals surface area contributed by atoms with Gasteiger partial charge in [0.1, 0.15) is 5.82 Å². The fraction of sp³-hybridized carbons (Fsp3) is 0.316. The zero-order valence-electron chi connectivity index (χ0n) is 14.8. The quantitative estimate of drug-likeness (QED) is 0.767. The monoisotopic (exact) mass is 368 g/mol. The van der Waals surface area contributed by atoms with E-state index >= 15 is 0 Å². The van der Waals surface area contributed by atoms with Gasteiger partial charge in [-0.25, -0.2) is 9.97 Å². The third-order valence-corrected chi connectivity index (χ3v) is 5.31. The lowest BCUT2D eigenvalue weighted by atomic mass is 10.1. The second kappa shape index (κ2) is 7.01. The molecule has 1 saturated heterocycles. The third-order valence-electron chi connectivity index (χ3n) is 4.40. The highest BCUT2D eigenvalue weighted by Gasteiger charge is 2.15. The van der Waals surface area contributed by atoms with Crippen LogP contribution in [0.25, 0.3) is 10.2 Å². The standard InChI is InChI=1S/C19H20N4O2S/c1-12-9-13(2)17-15(10-12)26-19(21-17)22-18(24)14-3-4-16(20-11-14)23-5-7-25-8-6-23/h3-4,9-11H,5-8H2,1-2H3,(H,21,22,24). The first-order valence-corrected chi connectivity index (χ1v) is 9.40. The van der Waals surface area contributed by atoms with Crippen molar-refractivity contribution >= 4 is 38.4 Å². The number of ether oxygens (including phenoxy) is 1. The molecule has 0 saturated carbocycles. The summed E-state index contributed by atoms with van der Waals surface area (Å²) in [5.41, 5.74) is 3.78. The summed E-state index contributed by atoms with van der Waals surface area (Å²) in [4.78, 5) is 23.6. The first-order chi connectivity index (χ1) is 12.6. The summed E-state index contributed by atoms with van der Waals surface area (Å²) in [6, 6.07) is 7.87. The van der Waals surface area contributed by atoms with E-state index in [4.69, 9.17) is 4.74 Å². The predicted octanol–water partition coefficient (Wildman–Crippen LogP) is 3.40. The summed E-state index contributed by atoms with van der Waals surface area (Å²) < 4.78 is 6.43. The fourth-order valence-electron chi connectivity index (χ4n) is 3.09. The van der Waals surface area contributed by atoms with Crippen LogP contribution in [0.2, 0.25) is 0 Å². The molecule has 0 unspecified atom stereocenters. The number of benzene rings is 1. The Balaban J connectivity index is 1.50. The number of fused-ring (bicyclic) bond motifs is 1. The van der Waals surface area contributed by atoms with Crippen molar-refractivity contribution < 1.29 is 9.53 Å². The average molecular weight is 368 g/mol. The molecule has 1 aromatic carbocycles. The highest BCUT2D eigenvalue weighted by Crippen LogP contribution is 2.29. The molecule has 7 heteroatoms.